The van der Waals surface area contributed by atoms with E-state index in [2.05, 4.69) is 27.5 Å². The standard InChI is InChI=1S/C38H36FN5O2/c1-27(44-35-18-9-8-17-34(35)41-42-44)38(46)43(26-30-21-23-32(39)24-22-30)36(37(45)40-33-15-6-3-7-16-33)31-14-10-13-29(25-31)20-19-28-11-4-2-5-12-28/h2,4-5,8-14,17-18,21-25,27,33,36H,3,6-7,15-16,26H2,1H3,(H,40,45). The smallest absolute Gasteiger partial charge is 0.248 e. The van der Waals surface area contributed by atoms with Crippen molar-refractivity contribution in [3.05, 3.63) is 131 Å². The van der Waals surface area contributed by atoms with E-state index in [1.54, 1.807) is 28.6 Å². The van der Waals surface area contributed by atoms with E-state index in [9.17, 15) is 14.0 Å². The first-order valence-electron chi connectivity index (χ1n) is 15.8. The molecule has 2 atom stereocenters. The lowest BCUT2D eigenvalue weighted by atomic mass is 9.94. The maximum Gasteiger partial charge on any atom is 0.248 e. The van der Waals surface area contributed by atoms with Gasteiger partial charge in [-0.2, -0.15) is 0 Å². The van der Waals surface area contributed by atoms with Crippen LogP contribution in [0, 0.1) is 17.7 Å². The largest absolute Gasteiger partial charge is 0.351 e. The number of hydrogen-bond acceptors (Lipinski definition) is 4. The van der Waals surface area contributed by atoms with E-state index in [0.717, 1.165) is 43.2 Å². The highest BCUT2D eigenvalue weighted by molar-refractivity contribution is 5.91. The Morgan fingerprint density at radius 1 is 0.891 bits per heavy atom. The molecule has 2 unspecified atom stereocenters. The third-order valence-corrected chi connectivity index (χ3v) is 8.49. The molecule has 232 valence electrons. The van der Waals surface area contributed by atoms with Crippen LogP contribution >= 0.6 is 0 Å². The molecule has 4 aromatic carbocycles. The monoisotopic (exact) mass is 613 g/mol. The number of nitrogens with one attached hydrogen (secondary N) is 1. The van der Waals surface area contributed by atoms with Crippen molar-refractivity contribution in [1.29, 1.82) is 0 Å². The van der Waals surface area contributed by atoms with Crippen molar-refractivity contribution >= 4 is 22.8 Å². The van der Waals surface area contributed by atoms with Crippen LogP contribution in [0.25, 0.3) is 11.0 Å². The molecule has 1 aliphatic rings. The first-order chi connectivity index (χ1) is 22.5. The highest BCUT2D eigenvalue weighted by Gasteiger charge is 2.36. The van der Waals surface area contributed by atoms with Crippen molar-refractivity contribution in [2.75, 3.05) is 0 Å². The first-order valence-corrected chi connectivity index (χ1v) is 15.8. The maximum atomic E-state index is 14.6. The summed E-state index contributed by atoms with van der Waals surface area (Å²) in [7, 11) is 0. The summed E-state index contributed by atoms with van der Waals surface area (Å²) in [5.41, 5.74) is 4.32. The molecule has 1 heterocycles. The predicted molar refractivity (Wildman–Crippen MR) is 176 cm³/mol. The summed E-state index contributed by atoms with van der Waals surface area (Å²) >= 11 is 0. The topological polar surface area (TPSA) is 80.1 Å². The van der Waals surface area contributed by atoms with Crippen LogP contribution in [0.4, 0.5) is 4.39 Å². The van der Waals surface area contributed by atoms with E-state index in [0.29, 0.717) is 22.2 Å². The molecular weight excluding hydrogens is 577 g/mol. The number of carbonyl (C=O) groups is 2. The molecule has 5 aromatic rings. The number of halogens is 1. The average Bonchev–Trinajstić information content (AvgIpc) is 3.53. The summed E-state index contributed by atoms with van der Waals surface area (Å²) in [4.78, 5) is 30.6. The molecule has 0 aliphatic heterocycles. The molecule has 1 aromatic heterocycles. The fraction of sp³-hybridized carbons (Fsp3) is 0.263. The van der Waals surface area contributed by atoms with Gasteiger partial charge in [0, 0.05) is 23.7 Å². The van der Waals surface area contributed by atoms with Gasteiger partial charge in [-0.3, -0.25) is 9.59 Å². The van der Waals surface area contributed by atoms with Gasteiger partial charge < -0.3 is 10.2 Å². The zero-order valence-corrected chi connectivity index (χ0v) is 25.8. The summed E-state index contributed by atoms with van der Waals surface area (Å²) in [6.07, 6.45) is 5.04. The number of nitrogens with zero attached hydrogens (tertiary/aromatic N) is 4. The molecule has 1 saturated carbocycles. The third kappa shape index (κ3) is 7.16. The molecule has 8 heteroatoms. The van der Waals surface area contributed by atoms with Crippen molar-refractivity contribution in [3.63, 3.8) is 0 Å². The highest BCUT2D eigenvalue weighted by atomic mass is 19.1. The van der Waals surface area contributed by atoms with Crippen LogP contribution in [-0.2, 0) is 16.1 Å². The Morgan fingerprint density at radius 3 is 2.37 bits per heavy atom. The minimum Gasteiger partial charge on any atom is -0.351 e. The van der Waals surface area contributed by atoms with Gasteiger partial charge in [-0.25, -0.2) is 9.07 Å². The quantitative estimate of drug-likeness (QED) is 0.196. The van der Waals surface area contributed by atoms with Gasteiger partial charge in [0.2, 0.25) is 11.8 Å². The summed E-state index contributed by atoms with van der Waals surface area (Å²) in [6.45, 7) is 1.84. The predicted octanol–water partition coefficient (Wildman–Crippen LogP) is 6.75. The number of aromatic nitrogens is 3. The second kappa shape index (κ2) is 14.2. The Labute approximate surface area is 268 Å². The number of hydrogen-bond donors (Lipinski definition) is 1. The molecule has 1 N–H and O–H groups in total. The van der Waals surface area contributed by atoms with Crippen molar-refractivity contribution < 1.29 is 14.0 Å². The fourth-order valence-electron chi connectivity index (χ4n) is 6.05. The summed E-state index contributed by atoms with van der Waals surface area (Å²) < 4.78 is 15.5. The van der Waals surface area contributed by atoms with Crippen molar-refractivity contribution in [3.8, 4) is 11.8 Å². The zero-order chi connectivity index (χ0) is 31.9. The number of rotatable bonds is 8. The molecule has 7 nitrogen and oxygen atoms in total. The van der Waals surface area contributed by atoms with E-state index in [1.807, 2.05) is 78.9 Å². The molecule has 2 amide bonds. The summed E-state index contributed by atoms with van der Waals surface area (Å²) in [5, 5.41) is 11.8. The van der Waals surface area contributed by atoms with Crippen molar-refractivity contribution in [1.82, 2.24) is 25.2 Å². The van der Waals surface area contributed by atoms with Crippen LogP contribution in [0.3, 0.4) is 0 Å². The first kappa shape index (κ1) is 30.7. The number of benzene rings is 4. The van der Waals surface area contributed by atoms with Gasteiger partial charge in [-0.05, 0) is 79.4 Å². The minimum atomic E-state index is -0.977. The molecule has 1 fully saturated rings. The van der Waals surface area contributed by atoms with Gasteiger partial charge in [0.05, 0.1) is 5.52 Å². The minimum absolute atomic E-state index is 0.0317. The van der Waals surface area contributed by atoms with E-state index >= 15 is 0 Å². The Bertz CT molecular complexity index is 1870. The van der Waals surface area contributed by atoms with E-state index in [4.69, 9.17) is 0 Å². The number of fused-ring (bicyclic) bond motifs is 1. The summed E-state index contributed by atoms with van der Waals surface area (Å²) in [5.74, 6) is 5.46. The van der Waals surface area contributed by atoms with Crippen LogP contribution in [0.1, 0.15) is 73.4 Å². The normalized spacial score (nSPS) is 14.6. The van der Waals surface area contributed by atoms with E-state index in [1.165, 1.54) is 12.1 Å². The molecule has 6 rings (SSSR count). The molecule has 0 spiro atoms. The van der Waals surface area contributed by atoms with Gasteiger partial charge in [0.1, 0.15) is 23.4 Å². The van der Waals surface area contributed by atoms with Gasteiger partial charge in [-0.1, -0.05) is 90.9 Å². The SMILES string of the molecule is CC(C(=O)N(Cc1ccc(F)cc1)C(C(=O)NC1CCCCC1)c1cccc(C#Cc2ccccc2)c1)n1nnc2ccccc21. The molecule has 1 aliphatic carbocycles. The van der Waals surface area contributed by atoms with Crippen LogP contribution in [-0.4, -0.2) is 37.7 Å². The lowest BCUT2D eigenvalue weighted by molar-refractivity contribution is -0.144. The Morgan fingerprint density at radius 2 is 1.59 bits per heavy atom. The number of para-hydroxylation sites is 1. The van der Waals surface area contributed by atoms with E-state index in [-0.39, 0.29) is 30.2 Å². The number of carbonyl (C=O) groups excluding carboxylic acids is 2. The van der Waals surface area contributed by atoms with Gasteiger partial charge in [0.15, 0.2) is 0 Å². The van der Waals surface area contributed by atoms with Crippen LogP contribution in [0.2, 0.25) is 0 Å². The third-order valence-electron chi connectivity index (χ3n) is 8.49. The second-order valence-corrected chi connectivity index (χ2v) is 11.8. The van der Waals surface area contributed by atoms with Crippen LogP contribution in [0.15, 0.2) is 103 Å². The molecule has 0 saturated heterocycles. The van der Waals surface area contributed by atoms with Crippen molar-refractivity contribution in [2.24, 2.45) is 0 Å². The second-order valence-electron chi connectivity index (χ2n) is 11.8. The van der Waals surface area contributed by atoms with Crippen molar-refractivity contribution in [2.45, 2.75) is 63.7 Å². The van der Waals surface area contributed by atoms with Gasteiger partial charge >= 0.3 is 0 Å². The Hall–Kier alpha value is -5.29. The van der Waals surface area contributed by atoms with E-state index < -0.39 is 12.1 Å². The number of amides is 2. The van der Waals surface area contributed by atoms with Gasteiger partial charge in [-0.15, -0.1) is 5.10 Å². The van der Waals surface area contributed by atoms with Crippen LogP contribution < -0.4 is 5.32 Å². The molecule has 0 radical (unpaired) electrons. The lowest BCUT2D eigenvalue weighted by Gasteiger charge is -2.35. The molecule has 46 heavy (non-hydrogen) atoms. The average molecular weight is 614 g/mol. The molecular formula is C38H36FN5O2. The van der Waals surface area contributed by atoms with Crippen LogP contribution in [0.5, 0.6) is 0 Å². The zero-order valence-electron chi connectivity index (χ0n) is 25.8. The fourth-order valence-corrected chi connectivity index (χ4v) is 6.05. The lowest BCUT2D eigenvalue weighted by Crippen LogP contribution is -2.48. The van der Waals surface area contributed by atoms with Gasteiger partial charge in [0.25, 0.3) is 0 Å². The Balaban J connectivity index is 1.42. The summed E-state index contributed by atoms with van der Waals surface area (Å²) in [6, 6.07) is 28.9. The molecule has 0 bridgehead atoms. The Kier molecular flexibility index (Phi) is 9.49. The maximum absolute atomic E-state index is 14.6. The highest BCUT2D eigenvalue weighted by Crippen LogP contribution is 2.29.